The number of hydrogen-bond donors (Lipinski definition) is 2. The Hall–Kier alpha value is -1.40. The number of ether oxygens (including phenoxy) is 1. The van der Waals surface area contributed by atoms with E-state index in [1.54, 1.807) is 6.07 Å². The van der Waals surface area contributed by atoms with E-state index in [0.717, 1.165) is 10.2 Å². The first-order valence-electron chi connectivity index (χ1n) is 5.45. The van der Waals surface area contributed by atoms with Crippen molar-refractivity contribution in [2.75, 3.05) is 25.5 Å². The lowest BCUT2D eigenvalue weighted by Crippen LogP contribution is -2.29. The van der Waals surface area contributed by atoms with E-state index in [9.17, 15) is 9.59 Å². The normalized spacial score (nSPS) is 9.89. The molecule has 98 valence electrons. The Bertz CT molecular complexity index is 424. The molecule has 6 heteroatoms. The summed E-state index contributed by atoms with van der Waals surface area (Å²) in [4.78, 5) is 22.3. The first kappa shape index (κ1) is 14.7. The largest absolute Gasteiger partial charge is 0.469 e. The molecule has 1 amide bonds. The smallest absolute Gasteiger partial charge is 0.306 e. The van der Waals surface area contributed by atoms with Gasteiger partial charge in [0.05, 0.1) is 20.1 Å². The molecule has 0 spiro atoms. The number of methoxy groups -OCH3 is 1. The van der Waals surface area contributed by atoms with Gasteiger partial charge in [-0.2, -0.15) is 0 Å². The average Bonchev–Trinajstić information content (AvgIpc) is 2.34. The number of benzene rings is 1. The molecule has 1 aromatic rings. The Morgan fingerprint density at radius 1 is 1.39 bits per heavy atom. The predicted molar refractivity (Wildman–Crippen MR) is 72.3 cm³/mol. The quantitative estimate of drug-likeness (QED) is 0.617. The molecule has 0 saturated heterocycles. The highest BCUT2D eigenvalue weighted by Crippen LogP contribution is 2.15. The Balaban J connectivity index is 2.24. The van der Waals surface area contributed by atoms with Crippen LogP contribution in [0, 0.1) is 0 Å². The topological polar surface area (TPSA) is 67.4 Å². The zero-order valence-corrected chi connectivity index (χ0v) is 11.6. The van der Waals surface area contributed by atoms with Gasteiger partial charge in [0.1, 0.15) is 0 Å². The second-order valence-electron chi connectivity index (χ2n) is 3.56. The number of esters is 1. The lowest BCUT2D eigenvalue weighted by Gasteiger charge is -2.06. The molecule has 0 atom stereocenters. The van der Waals surface area contributed by atoms with Gasteiger partial charge in [0, 0.05) is 16.7 Å². The second-order valence-corrected chi connectivity index (χ2v) is 4.48. The molecule has 1 aromatic carbocycles. The molecule has 0 bridgehead atoms. The minimum atomic E-state index is -0.296. The maximum Gasteiger partial charge on any atom is 0.306 e. The van der Waals surface area contributed by atoms with Crippen molar-refractivity contribution < 1.29 is 14.3 Å². The van der Waals surface area contributed by atoms with Crippen LogP contribution in [0.4, 0.5) is 5.69 Å². The van der Waals surface area contributed by atoms with Crippen molar-refractivity contribution in [3.05, 3.63) is 28.7 Å². The van der Waals surface area contributed by atoms with Gasteiger partial charge in [-0.15, -0.1) is 0 Å². The fourth-order valence-corrected chi connectivity index (χ4v) is 1.67. The minimum absolute atomic E-state index is 0.155. The van der Waals surface area contributed by atoms with Gasteiger partial charge in [-0.25, -0.2) is 0 Å². The lowest BCUT2D eigenvalue weighted by atomic mass is 10.3. The molecule has 0 unspecified atom stereocenters. The molecule has 5 nitrogen and oxygen atoms in total. The van der Waals surface area contributed by atoms with Crippen molar-refractivity contribution in [2.45, 2.75) is 6.42 Å². The van der Waals surface area contributed by atoms with E-state index in [0.29, 0.717) is 6.54 Å². The van der Waals surface area contributed by atoms with Gasteiger partial charge in [-0.05, 0) is 18.2 Å². The van der Waals surface area contributed by atoms with Crippen LogP contribution < -0.4 is 10.6 Å². The maximum absolute atomic E-state index is 11.5. The predicted octanol–water partition coefficient (Wildman–Crippen LogP) is 1.54. The Labute approximate surface area is 114 Å². The van der Waals surface area contributed by atoms with Crippen LogP contribution in [-0.2, 0) is 14.3 Å². The molecule has 0 heterocycles. The minimum Gasteiger partial charge on any atom is -0.469 e. The van der Waals surface area contributed by atoms with E-state index in [-0.39, 0.29) is 24.8 Å². The fraction of sp³-hybridized carbons (Fsp3) is 0.333. The van der Waals surface area contributed by atoms with Crippen LogP contribution >= 0.6 is 15.9 Å². The first-order valence-corrected chi connectivity index (χ1v) is 6.24. The lowest BCUT2D eigenvalue weighted by molar-refractivity contribution is -0.140. The zero-order valence-electron chi connectivity index (χ0n) is 10.0. The molecule has 0 radical (unpaired) electrons. The number of amides is 1. The van der Waals surface area contributed by atoms with E-state index in [2.05, 4.69) is 31.3 Å². The second kappa shape index (κ2) is 7.84. The van der Waals surface area contributed by atoms with E-state index >= 15 is 0 Å². The molecule has 0 fully saturated rings. The Morgan fingerprint density at radius 3 is 2.83 bits per heavy atom. The van der Waals surface area contributed by atoms with Gasteiger partial charge in [-0.1, -0.05) is 22.0 Å². The highest BCUT2D eigenvalue weighted by Gasteiger charge is 2.03. The van der Waals surface area contributed by atoms with E-state index < -0.39 is 0 Å². The summed E-state index contributed by atoms with van der Waals surface area (Å²) >= 11 is 3.32. The third-order valence-electron chi connectivity index (χ3n) is 2.13. The summed E-state index contributed by atoms with van der Waals surface area (Å²) in [5.41, 5.74) is 0.726. The van der Waals surface area contributed by atoms with Gasteiger partial charge in [0.25, 0.3) is 0 Å². The van der Waals surface area contributed by atoms with Crippen molar-refractivity contribution in [3.63, 3.8) is 0 Å². The molecule has 2 N–H and O–H groups in total. The number of carbonyl (C=O) groups is 2. The van der Waals surface area contributed by atoms with Crippen molar-refractivity contribution in [1.82, 2.24) is 5.32 Å². The highest BCUT2D eigenvalue weighted by atomic mass is 79.9. The Morgan fingerprint density at radius 2 is 2.17 bits per heavy atom. The summed E-state index contributed by atoms with van der Waals surface area (Å²) in [6, 6.07) is 7.33. The van der Waals surface area contributed by atoms with Gasteiger partial charge in [0.15, 0.2) is 0 Å². The standard InChI is InChI=1S/C12H15BrN2O3/c1-18-12(17)5-6-14-8-11(16)15-10-4-2-3-9(13)7-10/h2-4,7,14H,5-6,8H2,1H3,(H,15,16). The summed E-state index contributed by atoms with van der Waals surface area (Å²) in [5.74, 6) is -0.451. The maximum atomic E-state index is 11.5. The first-order chi connectivity index (χ1) is 8.61. The van der Waals surface area contributed by atoms with Gasteiger partial charge in [-0.3, -0.25) is 9.59 Å². The summed E-state index contributed by atoms with van der Waals surface area (Å²) < 4.78 is 5.38. The highest BCUT2D eigenvalue weighted by molar-refractivity contribution is 9.10. The number of nitrogens with one attached hydrogen (secondary N) is 2. The number of rotatable bonds is 6. The van der Waals surface area contributed by atoms with Crippen molar-refractivity contribution in [2.24, 2.45) is 0 Å². The summed E-state index contributed by atoms with van der Waals surface area (Å²) in [5, 5.41) is 5.60. The fourth-order valence-electron chi connectivity index (χ4n) is 1.27. The third-order valence-corrected chi connectivity index (χ3v) is 2.62. The molecule has 0 aromatic heterocycles. The van der Waals surface area contributed by atoms with Crippen molar-refractivity contribution >= 4 is 33.5 Å². The van der Waals surface area contributed by atoms with Gasteiger partial charge in [0.2, 0.25) is 5.91 Å². The van der Waals surface area contributed by atoms with E-state index in [1.807, 2.05) is 18.2 Å². The molecule has 0 aliphatic rings. The van der Waals surface area contributed by atoms with Gasteiger partial charge >= 0.3 is 5.97 Å². The zero-order chi connectivity index (χ0) is 13.4. The average molecular weight is 315 g/mol. The van der Waals surface area contributed by atoms with Crippen LogP contribution in [0.2, 0.25) is 0 Å². The summed E-state index contributed by atoms with van der Waals surface area (Å²) in [6.45, 7) is 0.572. The Kier molecular flexibility index (Phi) is 6.38. The summed E-state index contributed by atoms with van der Waals surface area (Å²) in [6.07, 6.45) is 0.251. The third kappa shape index (κ3) is 5.79. The number of hydrogen-bond acceptors (Lipinski definition) is 4. The number of halogens is 1. The van der Waals surface area contributed by atoms with Crippen LogP contribution in [0.25, 0.3) is 0 Å². The monoisotopic (exact) mass is 314 g/mol. The van der Waals surface area contributed by atoms with E-state index in [4.69, 9.17) is 0 Å². The molecular formula is C12H15BrN2O3. The van der Waals surface area contributed by atoms with Crippen molar-refractivity contribution in [1.29, 1.82) is 0 Å². The molecule has 1 rings (SSSR count). The van der Waals surface area contributed by atoms with Crippen LogP contribution in [-0.4, -0.2) is 32.1 Å². The number of carbonyl (C=O) groups excluding carboxylic acids is 2. The van der Waals surface area contributed by atoms with Crippen molar-refractivity contribution in [3.8, 4) is 0 Å². The van der Waals surface area contributed by atoms with Crippen LogP contribution in [0.3, 0.4) is 0 Å². The molecule has 18 heavy (non-hydrogen) atoms. The van der Waals surface area contributed by atoms with Crippen LogP contribution in [0.15, 0.2) is 28.7 Å². The molecule has 0 aliphatic carbocycles. The van der Waals surface area contributed by atoms with Crippen LogP contribution in [0.5, 0.6) is 0 Å². The van der Waals surface area contributed by atoms with Crippen LogP contribution in [0.1, 0.15) is 6.42 Å². The number of anilines is 1. The molecule has 0 aliphatic heterocycles. The SMILES string of the molecule is COC(=O)CCNCC(=O)Nc1cccc(Br)c1. The molecule has 0 saturated carbocycles. The van der Waals surface area contributed by atoms with Gasteiger partial charge < -0.3 is 15.4 Å². The summed E-state index contributed by atoms with van der Waals surface area (Å²) in [7, 11) is 1.34. The molecular weight excluding hydrogens is 300 g/mol. The van der Waals surface area contributed by atoms with E-state index in [1.165, 1.54) is 7.11 Å².